The van der Waals surface area contributed by atoms with Crippen LogP contribution < -0.4 is 10.6 Å². The third-order valence-electron chi connectivity index (χ3n) is 2.00. The van der Waals surface area contributed by atoms with E-state index in [4.69, 9.17) is 0 Å². The van der Waals surface area contributed by atoms with Gasteiger partial charge in [-0.25, -0.2) is 9.98 Å². The van der Waals surface area contributed by atoms with Crippen molar-refractivity contribution in [1.82, 2.24) is 15.6 Å². The lowest BCUT2D eigenvalue weighted by Crippen LogP contribution is -2.40. The van der Waals surface area contributed by atoms with Gasteiger partial charge in [-0.3, -0.25) is 0 Å². The largest absolute Gasteiger partial charge is 0.357 e. The van der Waals surface area contributed by atoms with Gasteiger partial charge in [0.2, 0.25) is 0 Å². The molecule has 0 amide bonds. The fourth-order valence-corrected chi connectivity index (χ4v) is 1.92. The fraction of sp³-hybridized carbons (Fsp3) is 0.636. The average Bonchev–Trinajstić information content (AvgIpc) is 2.60. The quantitative estimate of drug-likeness (QED) is 0.488. The molecule has 0 saturated heterocycles. The molecule has 6 heteroatoms. The summed E-state index contributed by atoms with van der Waals surface area (Å²) >= 11 is 1.65. The first-order chi connectivity index (χ1) is 7.63. The molecule has 1 heterocycles. The molecule has 0 aromatic carbocycles. The maximum absolute atomic E-state index is 4.52. The molecule has 0 aliphatic carbocycles. The molecule has 0 bridgehead atoms. The van der Waals surface area contributed by atoms with Crippen molar-refractivity contribution in [1.29, 1.82) is 0 Å². The highest BCUT2D eigenvalue weighted by Gasteiger charge is 2.02. The number of halogens is 1. The summed E-state index contributed by atoms with van der Waals surface area (Å²) in [5.74, 6) is 0.866. The molecule has 17 heavy (non-hydrogen) atoms. The van der Waals surface area contributed by atoms with Gasteiger partial charge >= 0.3 is 0 Å². The Labute approximate surface area is 124 Å². The van der Waals surface area contributed by atoms with Crippen LogP contribution in [0.5, 0.6) is 0 Å². The zero-order valence-electron chi connectivity index (χ0n) is 10.8. The highest BCUT2D eigenvalue weighted by molar-refractivity contribution is 14.0. The zero-order valence-corrected chi connectivity index (χ0v) is 13.9. The number of hydrogen-bond donors (Lipinski definition) is 2. The highest BCUT2D eigenvalue weighted by Crippen LogP contribution is 2.12. The van der Waals surface area contributed by atoms with Crippen LogP contribution in [0.15, 0.2) is 10.5 Å². The summed E-state index contributed by atoms with van der Waals surface area (Å²) in [6.45, 7) is 9.86. The Bertz CT molecular complexity index is 349. The van der Waals surface area contributed by atoms with Crippen LogP contribution in [-0.2, 0) is 6.54 Å². The first-order valence-corrected chi connectivity index (χ1v) is 6.45. The molecule has 1 rings (SSSR count). The second kappa shape index (κ2) is 8.68. The van der Waals surface area contributed by atoms with Crippen molar-refractivity contribution < 1.29 is 0 Å². The number of aryl methyl sites for hydroxylation is 1. The Kier molecular flexibility index (Phi) is 8.49. The van der Waals surface area contributed by atoms with E-state index in [0.29, 0.717) is 12.6 Å². The Hall–Kier alpha value is -0.370. The topological polar surface area (TPSA) is 49.3 Å². The maximum Gasteiger partial charge on any atom is 0.191 e. The minimum absolute atomic E-state index is 0. The monoisotopic (exact) mass is 368 g/mol. The molecule has 0 aliphatic rings. The number of aliphatic imine (C=N–C) groups is 1. The summed E-state index contributed by atoms with van der Waals surface area (Å²) < 4.78 is 0. The van der Waals surface area contributed by atoms with Gasteiger partial charge in [0.1, 0.15) is 0 Å². The van der Waals surface area contributed by atoms with Crippen molar-refractivity contribution in [3.63, 3.8) is 0 Å². The van der Waals surface area contributed by atoms with E-state index < -0.39 is 0 Å². The molecule has 2 N–H and O–H groups in total. The molecule has 4 nitrogen and oxygen atoms in total. The number of hydrogen-bond acceptors (Lipinski definition) is 3. The van der Waals surface area contributed by atoms with Crippen LogP contribution in [0.4, 0.5) is 0 Å². The number of guanidine groups is 1. The average molecular weight is 368 g/mol. The summed E-state index contributed by atoms with van der Waals surface area (Å²) in [6.07, 6.45) is 0. The van der Waals surface area contributed by atoms with Crippen molar-refractivity contribution >= 4 is 41.3 Å². The molecule has 0 unspecified atom stereocenters. The number of thiazole rings is 1. The molecule has 1 aromatic heterocycles. The van der Waals surface area contributed by atoms with E-state index in [9.17, 15) is 0 Å². The van der Waals surface area contributed by atoms with Gasteiger partial charge in [0.05, 0.1) is 17.7 Å². The SMILES string of the molecule is CCNC(=NCc1scnc1C)NC(C)C.I. The lowest BCUT2D eigenvalue weighted by atomic mass is 10.4. The summed E-state index contributed by atoms with van der Waals surface area (Å²) in [4.78, 5) is 9.95. The van der Waals surface area contributed by atoms with E-state index in [1.165, 1.54) is 4.88 Å². The van der Waals surface area contributed by atoms with Crippen molar-refractivity contribution in [3.8, 4) is 0 Å². The lowest BCUT2D eigenvalue weighted by molar-refractivity contribution is 0.701. The summed E-state index contributed by atoms with van der Waals surface area (Å²) in [6, 6.07) is 0.389. The van der Waals surface area contributed by atoms with Crippen LogP contribution in [0.25, 0.3) is 0 Å². The Balaban J connectivity index is 0.00000256. The fourth-order valence-electron chi connectivity index (χ4n) is 1.22. The van der Waals surface area contributed by atoms with Gasteiger partial charge in [-0.15, -0.1) is 35.3 Å². The summed E-state index contributed by atoms with van der Waals surface area (Å²) in [5.41, 5.74) is 2.94. The van der Waals surface area contributed by atoms with Gasteiger partial charge < -0.3 is 10.6 Å². The molecule has 1 aromatic rings. The first-order valence-electron chi connectivity index (χ1n) is 5.57. The van der Waals surface area contributed by atoms with Crippen LogP contribution in [0, 0.1) is 6.92 Å². The predicted molar refractivity (Wildman–Crippen MR) is 85.4 cm³/mol. The Morgan fingerprint density at radius 1 is 1.53 bits per heavy atom. The van der Waals surface area contributed by atoms with Crippen LogP contribution in [0.1, 0.15) is 31.3 Å². The van der Waals surface area contributed by atoms with E-state index in [1.54, 1.807) is 11.3 Å². The lowest BCUT2D eigenvalue weighted by Gasteiger charge is -2.13. The summed E-state index contributed by atoms with van der Waals surface area (Å²) in [7, 11) is 0. The van der Waals surface area contributed by atoms with Crippen molar-refractivity contribution in [2.24, 2.45) is 4.99 Å². The summed E-state index contributed by atoms with van der Waals surface area (Å²) in [5, 5.41) is 6.50. The van der Waals surface area contributed by atoms with E-state index in [2.05, 4.69) is 41.4 Å². The van der Waals surface area contributed by atoms with E-state index >= 15 is 0 Å². The Morgan fingerprint density at radius 2 is 2.24 bits per heavy atom. The molecule has 0 radical (unpaired) electrons. The van der Waals surface area contributed by atoms with Crippen LogP contribution in [-0.4, -0.2) is 23.5 Å². The number of rotatable bonds is 4. The van der Waals surface area contributed by atoms with Gasteiger partial charge in [-0.1, -0.05) is 0 Å². The number of nitrogens with one attached hydrogen (secondary N) is 2. The van der Waals surface area contributed by atoms with Crippen LogP contribution in [0.3, 0.4) is 0 Å². The van der Waals surface area contributed by atoms with Gasteiger partial charge in [0, 0.05) is 17.5 Å². The van der Waals surface area contributed by atoms with E-state index in [1.807, 2.05) is 12.4 Å². The van der Waals surface area contributed by atoms with Crippen LogP contribution >= 0.6 is 35.3 Å². The standard InChI is InChI=1S/C11H20N4S.HI/c1-5-12-11(15-8(2)3)13-6-10-9(4)14-7-16-10;/h7-8H,5-6H2,1-4H3,(H2,12,13,15);1H. The van der Waals surface area contributed by atoms with Gasteiger partial charge in [0.15, 0.2) is 5.96 Å². The minimum Gasteiger partial charge on any atom is -0.357 e. The van der Waals surface area contributed by atoms with Gasteiger partial charge in [-0.05, 0) is 27.7 Å². The normalized spacial score (nSPS) is 11.2. The van der Waals surface area contributed by atoms with Crippen LogP contribution in [0.2, 0.25) is 0 Å². The molecule has 0 saturated carbocycles. The second-order valence-electron chi connectivity index (χ2n) is 3.86. The van der Waals surface area contributed by atoms with Crippen molar-refractivity contribution in [3.05, 3.63) is 16.1 Å². The van der Waals surface area contributed by atoms with Gasteiger partial charge in [-0.2, -0.15) is 0 Å². The van der Waals surface area contributed by atoms with Crippen molar-refractivity contribution in [2.75, 3.05) is 6.54 Å². The molecule has 98 valence electrons. The molecule has 0 fully saturated rings. The zero-order chi connectivity index (χ0) is 12.0. The third kappa shape index (κ3) is 6.21. The molecule has 0 atom stereocenters. The third-order valence-corrected chi connectivity index (χ3v) is 2.92. The molecular weight excluding hydrogens is 347 g/mol. The smallest absolute Gasteiger partial charge is 0.191 e. The van der Waals surface area contributed by atoms with E-state index in [-0.39, 0.29) is 24.0 Å². The van der Waals surface area contributed by atoms with E-state index in [0.717, 1.165) is 18.2 Å². The highest BCUT2D eigenvalue weighted by atomic mass is 127. The predicted octanol–water partition coefficient (Wildman–Crippen LogP) is 2.53. The minimum atomic E-state index is 0. The van der Waals surface area contributed by atoms with Gasteiger partial charge in [0.25, 0.3) is 0 Å². The second-order valence-corrected chi connectivity index (χ2v) is 4.79. The molecule has 0 spiro atoms. The number of nitrogens with zero attached hydrogens (tertiary/aromatic N) is 2. The van der Waals surface area contributed by atoms with Crippen molar-refractivity contribution in [2.45, 2.75) is 40.3 Å². The maximum atomic E-state index is 4.52. The molecule has 0 aliphatic heterocycles. The first kappa shape index (κ1) is 16.6. The Morgan fingerprint density at radius 3 is 2.71 bits per heavy atom. The number of aromatic nitrogens is 1. The molecular formula is C11H21IN4S.